The van der Waals surface area contributed by atoms with Crippen molar-refractivity contribution < 1.29 is 27.8 Å². The number of aryl methyl sites for hydroxylation is 1. The molecule has 5 aromatic rings. The van der Waals surface area contributed by atoms with Crippen molar-refractivity contribution >= 4 is 28.3 Å². The van der Waals surface area contributed by atoms with E-state index in [1.807, 2.05) is 19.1 Å². The van der Waals surface area contributed by atoms with E-state index in [9.17, 15) is 4.79 Å². The number of aromatic nitrogens is 5. The number of likely N-dealkylation sites (tertiary alicyclic amines) is 1. The fourth-order valence-electron chi connectivity index (χ4n) is 4.93. The molecule has 0 spiro atoms. The lowest BCUT2D eigenvalue weighted by molar-refractivity contribution is -0.129. The predicted molar refractivity (Wildman–Crippen MR) is 163 cm³/mol. The maximum Gasteiger partial charge on any atom is 0.246 e. The van der Waals surface area contributed by atoms with Gasteiger partial charge in [0, 0.05) is 48.4 Å². The van der Waals surface area contributed by atoms with Crippen LogP contribution in [-0.2, 0) is 4.79 Å². The number of hydrogen-bond acceptors (Lipinski definition) is 9. The molecule has 4 heterocycles. The summed E-state index contributed by atoms with van der Waals surface area (Å²) in [5.41, 5.74) is 2.29. The van der Waals surface area contributed by atoms with Crippen molar-refractivity contribution in [2.75, 3.05) is 25.5 Å². The van der Waals surface area contributed by atoms with E-state index in [2.05, 4.69) is 31.9 Å². The number of fused-ring (bicyclic) bond motifs is 1. The molecule has 1 amide bonds. The highest BCUT2D eigenvalue weighted by Gasteiger charge is 2.33. The summed E-state index contributed by atoms with van der Waals surface area (Å²) in [6.45, 7) is 5.58. The molecule has 3 aromatic heterocycles. The summed E-state index contributed by atoms with van der Waals surface area (Å²) < 4.78 is 49.2. The van der Waals surface area contributed by atoms with Gasteiger partial charge in [-0.3, -0.25) is 9.78 Å². The number of carbonyl (C=O) groups is 1. The van der Waals surface area contributed by atoms with Crippen molar-refractivity contribution in [2.24, 2.45) is 0 Å². The molecule has 0 aliphatic carbocycles. The van der Waals surface area contributed by atoms with Crippen molar-refractivity contribution in [3.05, 3.63) is 91.4 Å². The Kier molecular flexibility index (Phi) is 8.23. The summed E-state index contributed by atoms with van der Waals surface area (Å²) in [6.07, 6.45) is 3.97. The monoisotopic (exact) mass is 613 g/mol. The second-order valence-corrected chi connectivity index (χ2v) is 10.3. The van der Waals surface area contributed by atoms with Crippen LogP contribution >= 0.6 is 0 Å². The Hall–Kier alpha value is -5.59. The first-order valence-corrected chi connectivity index (χ1v) is 14.1. The number of hydrogen-bond donors (Lipinski definition) is 1. The summed E-state index contributed by atoms with van der Waals surface area (Å²) >= 11 is 0. The van der Waals surface area contributed by atoms with Crippen LogP contribution in [-0.4, -0.2) is 68.0 Å². The number of carbonyl (C=O) groups excluding carboxylic acids is 1. The van der Waals surface area contributed by atoms with Crippen molar-refractivity contribution in [1.82, 2.24) is 29.6 Å². The van der Waals surface area contributed by atoms with E-state index in [4.69, 9.17) is 14.2 Å². The number of amides is 1. The zero-order valence-electron chi connectivity index (χ0n) is 24.5. The molecule has 2 aromatic carbocycles. The lowest BCUT2D eigenvalue weighted by Crippen LogP contribution is -2.48. The van der Waals surface area contributed by atoms with Crippen LogP contribution in [0.15, 0.2) is 79.9 Å². The molecule has 0 radical (unpaired) electrons. The number of anilines is 2. The van der Waals surface area contributed by atoms with E-state index in [1.165, 1.54) is 30.5 Å². The molecule has 230 valence electrons. The Morgan fingerprint density at radius 3 is 2.71 bits per heavy atom. The molecule has 0 bridgehead atoms. The summed E-state index contributed by atoms with van der Waals surface area (Å²) in [5.74, 6) is 0.529. The quantitative estimate of drug-likeness (QED) is 0.209. The maximum atomic E-state index is 15.3. The Morgan fingerprint density at radius 2 is 1.98 bits per heavy atom. The fraction of sp³-hybridized carbons (Fsp3) is 0.219. The number of benzene rings is 2. The van der Waals surface area contributed by atoms with Gasteiger partial charge in [0.05, 0.1) is 36.7 Å². The number of piperidine rings is 1. The number of halogens is 2. The summed E-state index contributed by atoms with van der Waals surface area (Å²) in [4.78, 5) is 26.2. The number of ether oxygens (including phenoxy) is 3. The van der Waals surface area contributed by atoms with E-state index in [1.54, 1.807) is 41.3 Å². The van der Waals surface area contributed by atoms with Crippen LogP contribution in [0.3, 0.4) is 0 Å². The molecule has 1 saturated heterocycles. The average molecular weight is 614 g/mol. The number of alkyl halides is 1. The van der Waals surface area contributed by atoms with Crippen LogP contribution in [0.2, 0.25) is 0 Å². The smallest absolute Gasteiger partial charge is 0.246 e. The van der Waals surface area contributed by atoms with Crippen molar-refractivity contribution in [1.29, 1.82) is 0 Å². The zero-order valence-corrected chi connectivity index (χ0v) is 24.5. The molecule has 1 aliphatic rings. The number of methoxy groups -OCH3 is 1. The Bertz CT molecular complexity index is 1860. The van der Waals surface area contributed by atoms with Gasteiger partial charge >= 0.3 is 0 Å². The molecule has 6 rings (SSSR count). The highest BCUT2D eigenvalue weighted by molar-refractivity contribution is 5.93. The summed E-state index contributed by atoms with van der Waals surface area (Å²) in [7, 11) is 1.47. The van der Waals surface area contributed by atoms with Crippen LogP contribution in [0.4, 0.5) is 20.3 Å². The second kappa shape index (κ2) is 12.6. The molecular weight excluding hydrogens is 584 g/mol. The third-order valence-electron chi connectivity index (χ3n) is 7.31. The molecule has 2 atom stereocenters. The molecule has 1 aliphatic heterocycles. The Morgan fingerprint density at radius 1 is 1.11 bits per heavy atom. The molecule has 0 saturated carbocycles. The van der Waals surface area contributed by atoms with E-state index in [0.29, 0.717) is 29.0 Å². The first kappa shape index (κ1) is 29.5. The minimum Gasteiger partial charge on any atom is -0.493 e. The van der Waals surface area contributed by atoms with E-state index < -0.39 is 18.1 Å². The number of rotatable bonds is 9. The number of nitrogens with one attached hydrogen (secondary N) is 1. The third kappa shape index (κ3) is 6.37. The Balaban J connectivity index is 1.20. The van der Waals surface area contributed by atoms with E-state index >= 15 is 8.78 Å². The highest BCUT2D eigenvalue weighted by atomic mass is 19.1. The lowest BCUT2D eigenvalue weighted by Gasteiger charge is -2.34. The van der Waals surface area contributed by atoms with Crippen LogP contribution in [0.5, 0.6) is 23.1 Å². The summed E-state index contributed by atoms with van der Waals surface area (Å²) in [5, 5.41) is 7.88. The molecule has 13 heteroatoms. The Labute approximate surface area is 257 Å². The zero-order chi connectivity index (χ0) is 31.5. The third-order valence-corrected chi connectivity index (χ3v) is 7.31. The molecule has 1 fully saturated rings. The fourth-order valence-corrected chi connectivity index (χ4v) is 4.93. The largest absolute Gasteiger partial charge is 0.493 e. The van der Waals surface area contributed by atoms with Crippen molar-refractivity contribution in [3.8, 4) is 28.8 Å². The molecular formula is C32H29F2N7O4. The first-order valence-electron chi connectivity index (χ1n) is 14.1. The minimum absolute atomic E-state index is 0.105. The molecule has 0 unspecified atom stereocenters. The minimum atomic E-state index is -1.42. The van der Waals surface area contributed by atoms with E-state index in [-0.39, 0.29) is 41.9 Å². The van der Waals surface area contributed by atoms with Crippen LogP contribution in [0.25, 0.3) is 16.6 Å². The summed E-state index contributed by atoms with van der Waals surface area (Å²) in [6, 6.07) is 13.1. The van der Waals surface area contributed by atoms with E-state index in [0.717, 1.165) is 17.5 Å². The van der Waals surface area contributed by atoms with Crippen molar-refractivity contribution in [3.63, 3.8) is 0 Å². The standard InChI is InChI=1S/C32H29F2N7O4/c1-4-31(42)40-11-9-27(24(34)17-40)45-29-14-22-26(15-28(29)43-3)36-18-37-32(22)38-25-8-7-21(13-23(25)33)44-30-10-12-41(39-30)20-6-5-19(2)35-16-20/h4-8,10,12-16,18,24,27H,1,9,11,17H2,2-3H3,(H,36,37,38)/t24-,27-/m0/s1. The lowest BCUT2D eigenvalue weighted by atomic mass is 10.1. The number of pyridine rings is 1. The first-order chi connectivity index (χ1) is 21.8. The van der Waals surface area contributed by atoms with Gasteiger partial charge in [0.1, 0.15) is 29.8 Å². The van der Waals surface area contributed by atoms with Crippen LogP contribution in [0.1, 0.15) is 12.1 Å². The van der Waals surface area contributed by atoms with Crippen LogP contribution < -0.4 is 19.5 Å². The molecule has 45 heavy (non-hydrogen) atoms. The normalized spacial score (nSPS) is 16.3. The SMILES string of the molecule is C=CC(=O)N1CC[C@H](Oc2cc3c(Nc4ccc(Oc5ccn(-c6ccc(C)nc6)n5)cc4F)ncnc3cc2OC)[C@@H](F)C1. The van der Waals surface area contributed by atoms with Gasteiger partial charge in [-0.25, -0.2) is 23.4 Å². The van der Waals surface area contributed by atoms with Gasteiger partial charge in [-0.15, -0.1) is 5.10 Å². The van der Waals surface area contributed by atoms with Gasteiger partial charge in [0.25, 0.3) is 0 Å². The van der Waals surface area contributed by atoms with Gasteiger partial charge in [-0.05, 0) is 43.3 Å². The van der Waals surface area contributed by atoms with Gasteiger partial charge in [-0.1, -0.05) is 6.58 Å². The number of nitrogens with zero attached hydrogens (tertiary/aromatic N) is 6. The highest BCUT2D eigenvalue weighted by Crippen LogP contribution is 2.37. The predicted octanol–water partition coefficient (Wildman–Crippen LogP) is 5.71. The maximum absolute atomic E-state index is 15.3. The van der Waals surface area contributed by atoms with Crippen molar-refractivity contribution in [2.45, 2.75) is 25.6 Å². The van der Waals surface area contributed by atoms with Gasteiger partial charge in [0.2, 0.25) is 11.8 Å². The molecule has 1 N–H and O–H groups in total. The van der Waals surface area contributed by atoms with Gasteiger partial charge in [-0.2, -0.15) is 0 Å². The van der Waals surface area contributed by atoms with Gasteiger partial charge < -0.3 is 24.4 Å². The average Bonchev–Trinajstić information content (AvgIpc) is 3.51. The topological polar surface area (TPSA) is 117 Å². The second-order valence-electron chi connectivity index (χ2n) is 10.3. The van der Waals surface area contributed by atoms with Crippen LogP contribution in [0, 0.1) is 12.7 Å². The van der Waals surface area contributed by atoms with Gasteiger partial charge in [0.15, 0.2) is 17.7 Å². The molecule has 11 nitrogen and oxygen atoms in total.